The Hall–Kier alpha value is -3.58. The maximum absolute atomic E-state index is 15.7. The molecule has 5 nitrogen and oxygen atoms in total. The molecule has 0 spiro atoms. The molecule has 0 aliphatic carbocycles. The normalized spacial score (nSPS) is 15.4. The van der Waals surface area contributed by atoms with Crippen molar-refractivity contribution in [3.8, 4) is 11.5 Å². The lowest BCUT2D eigenvalue weighted by Crippen LogP contribution is -2.39. The molecule has 2 N–H and O–H groups in total. The minimum absolute atomic E-state index is 0.500. The van der Waals surface area contributed by atoms with Gasteiger partial charge in [0.15, 0.2) is 17.2 Å². The first-order valence-corrected chi connectivity index (χ1v) is 11.0. The fraction of sp³-hybridized carbons (Fsp3) is 0.192. The Balaban J connectivity index is 1.68. The van der Waals surface area contributed by atoms with Crippen LogP contribution in [0.15, 0.2) is 54.2 Å². The summed E-state index contributed by atoms with van der Waals surface area (Å²) in [6.07, 6.45) is 10.2. The van der Waals surface area contributed by atoms with Crippen molar-refractivity contribution in [1.82, 2.24) is 4.48 Å². The molecule has 1 aromatic heterocycles. The van der Waals surface area contributed by atoms with Crippen molar-refractivity contribution in [2.45, 2.75) is 13.3 Å². The molecule has 33 heavy (non-hydrogen) atoms. The summed E-state index contributed by atoms with van der Waals surface area (Å²) in [6, 6.07) is 12.1. The van der Waals surface area contributed by atoms with Crippen molar-refractivity contribution in [3.05, 3.63) is 76.8 Å². The van der Waals surface area contributed by atoms with E-state index in [4.69, 9.17) is 15.2 Å². The quantitative estimate of drug-likeness (QED) is 0.565. The van der Waals surface area contributed by atoms with E-state index in [-0.39, 0.29) is 0 Å². The van der Waals surface area contributed by atoms with Gasteiger partial charge in [-0.3, -0.25) is 0 Å². The van der Waals surface area contributed by atoms with Gasteiger partial charge >= 0.3 is 7.26 Å². The van der Waals surface area contributed by atoms with Gasteiger partial charge in [0, 0.05) is 34.7 Å². The minimum Gasteiger partial charge on any atom is -0.493 e. The number of fused-ring (bicyclic) bond motifs is 3. The molecular weight excluding hydrogens is 416 g/mol. The molecule has 0 saturated carbocycles. The first-order valence-electron chi connectivity index (χ1n) is 11.0. The Labute approximate surface area is 193 Å². The standard InChI is InChI=1S/C26H26BFN3O2/c1-17-15-19(31-25(17)22(12-13-29)23-9-6-14-30(23)27(31)28)10-11-21-20-8-5-4-7-18(20)16-24(32-2)26(21)33-3/h4-11,14-16H,12-13,29H2,1-3H3. The second-order valence-electron chi connectivity index (χ2n) is 8.18. The third-order valence-electron chi connectivity index (χ3n) is 6.32. The van der Waals surface area contributed by atoms with Crippen molar-refractivity contribution in [2.24, 2.45) is 5.73 Å². The minimum atomic E-state index is -1.33. The number of nitrogens with two attached hydrogens (primary N) is 1. The first kappa shape index (κ1) is 21.3. The fourth-order valence-corrected chi connectivity index (χ4v) is 4.92. The molecule has 3 aromatic rings. The van der Waals surface area contributed by atoms with Gasteiger partial charge in [0.1, 0.15) is 6.21 Å². The van der Waals surface area contributed by atoms with Crippen LogP contribution in [-0.2, 0) is 0 Å². The van der Waals surface area contributed by atoms with Gasteiger partial charge in [0.2, 0.25) is 0 Å². The summed E-state index contributed by atoms with van der Waals surface area (Å²) in [7, 11) is 1.93. The second kappa shape index (κ2) is 8.41. The molecule has 1 radical (unpaired) electrons. The van der Waals surface area contributed by atoms with Gasteiger partial charge in [-0.05, 0) is 60.5 Å². The molecule has 7 heteroatoms. The number of rotatable bonds is 6. The van der Waals surface area contributed by atoms with Crippen LogP contribution in [0.3, 0.4) is 0 Å². The molecule has 0 atom stereocenters. The fourth-order valence-electron chi connectivity index (χ4n) is 4.92. The van der Waals surface area contributed by atoms with Gasteiger partial charge in [-0.2, -0.15) is 0 Å². The number of benzene rings is 2. The lowest BCUT2D eigenvalue weighted by Gasteiger charge is -2.30. The van der Waals surface area contributed by atoms with Crippen molar-refractivity contribution in [2.75, 3.05) is 20.8 Å². The Morgan fingerprint density at radius 2 is 1.97 bits per heavy atom. The highest BCUT2D eigenvalue weighted by Crippen LogP contribution is 2.40. The number of hydrogen-bond donors (Lipinski definition) is 1. The van der Waals surface area contributed by atoms with Crippen molar-refractivity contribution in [3.63, 3.8) is 0 Å². The van der Waals surface area contributed by atoms with Crippen LogP contribution in [0.2, 0.25) is 0 Å². The molecule has 0 unspecified atom stereocenters. The van der Waals surface area contributed by atoms with Crippen LogP contribution in [0.25, 0.3) is 28.5 Å². The third-order valence-corrected chi connectivity index (χ3v) is 6.32. The lowest BCUT2D eigenvalue weighted by atomic mass is 9.91. The third kappa shape index (κ3) is 3.31. The Kier molecular flexibility index (Phi) is 5.42. The predicted octanol–water partition coefficient (Wildman–Crippen LogP) is 4.67. The van der Waals surface area contributed by atoms with Crippen LogP contribution in [0.1, 0.15) is 28.9 Å². The van der Waals surface area contributed by atoms with E-state index in [9.17, 15) is 0 Å². The average molecular weight is 442 g/mol. The Morgan fingerprint density at radius 1 is 1.15 bits per heavy atom. The highest BCUT2D eigenvalue weighted by Gasteiger charge is 2.34. The van der Waals surface area contributed by atoms with Crippen molar-refractivity contribution >= 4 is 42.0 Å². The van der Waals surface area contributed by atoms with E-state index in [1.807, 2.05) is 67.6 Å². The molecule has 2 aliphatic heterocycles. The van der Waals surface area contributed by atoms with Crippen LogP contribution >= 0.6 is 0 Å². The SMILES string of the molecule is COc1cc2ccccc2c(C=Cc2cc(C)c3n2[B-](F)[N+]2=CC=CC2=C3CCN)c1OC. The average Bonchev–Trinajstić information content (AvgIpc) is 3.45. The van der Waals surface area contributed by atoms with Crippen LogP contribution in [0.5, 0.6) is 11.5 Å². The zero-order chi connectivity index (χ0) is 23.1. The van der Waals surface area contributed by atoms with E-state index in [1.54, 1.807) is 29.4 Å². The van der Waals surface area contributed by atoms with Gasteiger partial charge in [-0.15, -0.1) is 0 Å². The van der Waals surface area contributed by atoms with Crippen molar-refractivity contribution < 1.29 is 18.3 Å². The van der Waals surface area contributed by atoms with Crippen molar-refractivity contribution in [1.29, 1.82) is 0 Å². The summed E-state index contributed by atoms with van der Waals surface area (Å²) in [6.45, 7) is 2.52. The number of aromatic nitrogens is 1. The van der Waals surface area contributed by atoms with Crippen LogP contribution in [-0.4, -0.2) is 43.2 Å². The van der Waals surface area contributed by atoms with E-state index >= 15 is 4.32 Å². The highest BCUT2D eigenvalue weighted by molar-refractivity contribution is 6.43. The zero-order valence-corrected chi connectivity index (χ0v) is 19.0. The number of nitrogens with zero attached hydrogens (tertiary/aromatic N) is 2. The van der Waals surface area contributed by atoms with Gasteiger partial charge in [0.05, 0.1) is 14.2 Å². The Morgan fingerprint density at radius 3 is 2.73 bits per heavy atom. The van der Waals surface area contributed by atoms with Crippen LogP contribution < -0.4 is 15.2 Å². The van der Waals surface area contributed by atoms with E-state index in [2.05, 4.69) is 0 Å². The molecule has 0 bridgehead atoms. The summed E-state index contributed by atoms with van der Waals surface area (Å²) < 4.78 is 30.4. The maximum atomic E-state index is 15.7. The molecule has 0 fully saturated rings. The highest BCUT2D eigenvalue weighted by atomic mass is 19.1. The van der Waals surface area contributed by atoms with Gasteiger partial charge in [-0.25, -0.2) is 0 Å². The van der Waals surface area contributed by atoms with E-state index < -0.39 is 7.26 Å². The largest absolute Gasteiger partial charge is 0.533 e. The van der Waals surface area contributed by atoms with E-state index in [0.717, 1.165) is 44.6 Å². The molecule has 5 rings (SSSR count). The molecule has 2 aliphatic rings. The summed E-state index contributed by atoms with van der Waals surface area (Å²) in [4.78, 5) is 0. The molecule has 167 valence electrons. The number of aryl methyl sites for hydroxylation is 1. The second-order valence-corrected chi connectivity index (χ2v) is 8.18. The molecule has 3 heterocycles. The summed E-state index contributed by atoms with van der Waals surface area (Å²) >= 11 is 0. The summed E-state index contributed by atoms with van der Waals surface area (Å²) in [5, 5.41) is 2.08. The molecule has 0 amide bonds. The van der Waals surface area contributed by atoms with E-state index in [0.29, 0.717) is 24.5 Å². The smallest absolute Gasteiger partial charge is 0.493 e. The van der Waals surface area contributed by atoms with Gasteiger partial charge < -0.3 is 28.5 Å². The number of methoxy groups -OCH3 is 2. The number of allylic oxidation sites excluding steroid dienone is 2. The predicted molar refractivity (Wildman–Crippen MR) is 133 cm³/mol. The number of hydrogen-bond acceptors (Lipinski definition) is 3. The lowest BCUT2D eigenvalue weighted by molar-refractivity contribution is -0.329. The topological polar surface area (TPSA) is 52.4 Å². The van der Waals surface area contributed by atoms with E-state index in [1.165, 1.54) is 0 Å². The Bertz CT molecular complexity index is 1380. The summed E-state index contributed by atoms with van der Waals surface area (Å²) in [5.74, 6) is 1.30. The maximum Gasteiger partial charge on any atom is 0.533 e. The summed E-state index contributed by atoms with van der Waals surface area (Å²) in [5.41, 5.74) is 11.5. The zero-order valence-electron chi connectivity index (χ0n) is 19.0. The molecule has 2 aromatic carbocycles. The van der Waals surface area contributed by atoms with Crippen LogP contribution in [0.4, 0.5) is 4.32 Å². The molecular formula is C26H26BFN3O2. The number of halogens is 1. The van der Waals surface area contributed by atoms with Gasteiger partial charge in [-0.1, -0.05) is 24.3 Å². The number of ether oxygens (including phenoxy) is 2. The van der Waals surface area contributed by atoms with Crippen LogP contribution in [0, 0.1) is 6.92 Å². The molecule has 0 saturated heterocycles. The first-order chi connectivity index (χ1) is 16.1. The monoisotopic (exact) mass is 442 g/mol. The van der Waals surface area contributed by atoms with Gasteiger partial charge in [0.25, 0.3) is 0 Å².